The van der Waals surface area contributed by atoms with Crippen LogP contribution in [0.15, 0.2) is 18.2 Å². The lowest BCUT2D eigenvalue weighted by Gasteiger charge is -2.38. The van der Waals surface area contributed by atoms with Crippen molar-refractivity contribution in [2.45, 2.75) is 38.1 Å². The molecule has 0 atom stereocenters. The van der Waals surface area contributed by atoms with Gasteiger partial charge in [-0.1, -0.05) is 42.1 Å². The molecule has 1 saturated carbocycles. The quantitative estimate of drug-likeness (QED) is 0.838. The number of rotatable bonds is 3. The molecule has 0 spiro atoms. The second-order valence-electron chi connectivity index (χ2n) is 6.27. The minimum Gasteiger partial charge on any atom is -0.340 e. The molecular formula is C17H22Cl2N2O. The molecular weight excluding hydrogens is 319 g/mol. The van der Waals surface area contributed by atoms with Crippen molar-refractivity contribution in [1.82, 2.24) is 9.80 Å². The van der Waals surface area contributed by atoms with E-state index in [4.69, 9.17) is 23.2 Å². The van der Waals surface area contributed by atoms with E-state index in [9.17, 15) is 4.79 Å². The molecule has 1 amide bonds. The van der Waals surface area contributed by atoms with Crippen LogP contribution in [0, 0.1) is 0 Å². The zero-order valence-corrected chi connectivity index (χ0v) is 14.2. The third-order valence-corrected chi connectivity index (χ3v) is 5.45. The Hall–Kier alpha value is -0.770. The maximum absolute atomic E-state index is 12.4. The number of amides is 1. The van der Waals surface area contributed by atoms with Crippen LogP contribution in [0.4, 0.5) is 0 Å². The van der Waals surface area contributed by atoms with E-state index in [2.05, 4.69) is 4.90 Å². The normalized spacial score (nSPS) is 20.5. The minimum absolute atomic E-state index is 0.162. The molecule has 5 heteroatoms. The molecule has 0 radical (unpaired) electrons. The average molecular weight is 341 g/mol. The van der Waals surface area contributed by atoms with Gasteiger partial charge >= 0.3 is 0 Å². The first kappa shape index (κ1) is 16.1. The summed E-state index contributed by atoms with van der Waals surface area (Å²) in [5.74, 6) is 0.162. The fraction of sp³-hybridized carbons (Fsp3) is 0.588. The number of halogens is 2. The molecule has 120 valence electrons. The summed E-state index contributed by atoms with van der Waals surface area (Å²) in [7, 11) is 0. The standard InChI is InChI=1S/C17H22Cl2N2O/c18-14-6-5-13(16(19)12-14)11-17(22)21-9-7-20(8-10-21)15-3-1-2-4-15/h5-6,12,15H,1-4,7-11H2. The predicted molar refractivity (Wildman–Crippen MR) is 90.6 cm³/mol. The van der Waals surface area contributed by atoms with Crippen LogP contribution in [0.25, 0.3) is 0 Å². The van der Waals surface area contributed by atoms with Gasteiger partial charge in [0.1, 0.15) is 0 Å². The van der Waals surface area contributed by atoms with E-state index in [1.807, 2.05) is 11.0 Å². The molecule has 0 aromatic heterocycles. The van der Waals surface area contributed by atoms with Crippen LogP contribution < -0.4 is 0 Å². The number of hydrogen-bond donors (Lipinski definition) is 0. The topological polar surface area (TPSA) is 23.6 Å². The SMILES string of the molecule is O=C(Cc1ccc(Cl)cc1Cl)N1CCN(C2CCCC2)CC1. The highest BCUT2D eigenvalue weighted by Crippen LogP contribution is 2.25. The highest BCUT2D eigenvalue weighted by atomic mass is 35.5. The van der Waals surface area contributed by atoms with Crippen molar-refractivity contribution in [2.75, 3.05) is 26.2 Å². The largest absolute Gasteiger partial charge is 0.340 e. The number of benzene rings is 1. The Morgan fingerprint density at radius 2 is 1.77 bits per heavy atom. The lowest BCUT2D eigenvalue weighted by Crippen LogP contribution is -2.51. The van der Waals surface area contributed by atoms with Gasteiger partial charge in [-0.2, -0.15) is 0 Å². The zero-order valence-electron chi connectivity index (χ0n) is 12.7. The van der Waals surface area contributed by atoms with Crippen molar-refractivity contribution in [3.8, 4) is 0 Å². The number of carbonyl (C=O) groups excluding carboxylic acids is 1. The van der Waals surface area contributed by atoms with Gasteiger partial charge in [-0.25, -0.2) is 0 Å². The van der Waals surface area contributed by atoms with Crippen molar-refractivity contribution in [3.05, 3.63) is 33.8 Å². The van der Waals surface area contributed by atoms with Crippen LogP contribution in [-0.2, 0) is 11.2 Å². The second-order valence-corrected chi connectivity index (χ2v) is 7.11. The highest BCUT2D eigenvalue weighted by Gasteiger charge is 2.27. The van der Waals surface area contributed by atoms with Crippen LogP contribution in [0.5, 0.6) is 0 Å². The van der Waals surface area contributed by atoms with Crippen molar-refractivity contribution in [2.24, 2.45) is 0 Å². The van der Waals surface area contributed by atoms with E-state index < -0.39 is 0 Å². The molecule has 1 aliphatic carbocycles. The Morgan fingerprint density at radius 3 is 2.41 bits per heavy atom. The molecule has 0 bridgehead atoms. The van der Waals surface area contributed by atoms with Gasteiger partial charge < -0.3 is 4.90 Å². The molecule has 3 nitrogen and oxygen atoms in total. The first-order valence-corrected chi connectivity index (χ1v) is 8.85. The predicted octanol–water partition coefficient (Wildman–Crippen LogP) is 3.62. The summed E-state index contributed by atoms with van der Waals surface area (Å²) < 4.78 is 0. The molecule has 1 aromatic carbocycles. The van der Waals surface area contributed by atoms with Gasteiger partial charge in [0.05, 0.1) is 6.42 Å². The summed E-state index contributed by atoms with van der Waals surface area (Å²) in [6, 6.07) is 6.08. The van der Waals surface area contributed by atoms with Gasteiger partial charge in [0, 0.05) is 42.3 Å². The molecule has 2 aliphatic rings. The second kappa shape index (κ2) is 7.20. The number of piperazine rings is 1. The average Bonchev–Trinajstić information content (AvgIpc) is 3.04. The summed E-state index contributed by atoms with van der Waals surface area (Å²) >= 11 is 12.1. The Morgan fingerprint density at radius 1 is 1.09 bits per heavy atom. The van der Waals surface area contributed by atoms with E-state index in [0.717, 1.165) is 37.8 Å². The Labute approximate surface area is 142 Å². The Bertz CT molecular complexity index is 535. The molecule has 3 rings (SSSR count). The summed E-state index contributed by atoms with van der Waals surface area (Å²) in [5.41, 5.74) is 0.856. The molecule has 1 aliphatic heterocycles. The van der Waals surface area contributed by atoms with Gasteiger partial charge in [-0.3, -0.25) is 9.69 Å². The molecule has 1 heterocycles. The summed E-state index contributed by atoms with van der Waals surface area (Å²) in [4.78, 5) is 17.0. The van der Waals surface area contributed by atoms with Gasteiger partial charge in [0.25, 0.3) is 0 Å². The van der Waals surface area contributed by atoms with E-state index in [1.165, 1.54) is 25.7 Å². The van der Waals surface area contributed by atoms with Crippen LogP contribution in [0.2, 0.25) is 10.0 Å². The number of nitrogens with zero attached hydrogens (tertiary/aromatic N) is 2. The highest BCUT2D eigenvalue weighted by molar-refractivity contribution is 6.35. The zero-order chi connectivity index (χ0) is 15.5. The van der Waals surface area contributed by atoms with E-state index >= 15 is 0 Å². The first-order chi connectivity index (χ1) is 10.6. The third-order valence-electron chi connectivity index (χ3n) is 4.86. The summed E-state index contributed by atoms with van der Waals surface area (Å²) in [5, 5.41) is 1.18. The van der Waals surface area contributed by atoms with Gasteiger partial charge in [0.15, 0.2) is 0 Å². The lowest BCUT2D eigenvalue weighted by molar-refractivity contribution is -0.132. The molecule has 22 heavy (non-hydrogen) atoms. The van der Waals surface area contributed by atoms with Gasteiger partial charge in [-0.15, -0.1) is 0 Å². The molecule has 1 aromatic rings. The summed E-state index contributed by atoms with van der Waals surface area (Å²) in [6.45, 7) is 3.68. The van der Waals surface area contributed by atoms with E-state index in [-0.39, 0.29) is 5.91 Å². The van der Waals surface area contributed by atoms with Crippen LogP contribution in [0.1, 0.15) is 31.2 Å². The monoisotopic (exact) mass is 340 g/mol. The van der Waals surface area contributed by atoms with Crippen molar-refractivity contribution < 1.29 is 4.79 Å². The van der Waals surface area contributed by atoms with Crippen molar-refractivity contribution in [3.63, 3.8) is 0 Å². The maximum Gasteiger partial charge on any atom is 0.227 e. The molecule has 2 fully saturated rings. The Kier molecular flexibility index (Phi) is 5.27. The minimum atomic E-state index is 0.162. The number of carbonyl (C=O) groups is 1. The fourth-order valence-corrected chi connectivity index (χ4v) is 4.02. The van der Waals surface area contributed by atoms with E-state index in [0.29, 0.717) is 16.5 Å². The third kappa shape index (κ3) is 3.76. The van der Waals surface area contributed by atoms with Gasteiger partial charge in [-0.05, 0) is 30.5 Å². The van der Waals surface area contributed by atoms with Crippen LogP contribution in [0.3, 0.4) is 0 Å². The lowest BCUT2D eigenvalue weighted by atomic mass is 10.1. The molecule has 0 unspecified atom stereocenters. The van der Waals surface area contributed by atoms with E-state index in [1.54, 1.807) is 12.1 Å². The smallest absolute Gasteiger partial charge is 0.227 e. The first-order valence-electron chi connectivity index (χ1n) is 8.09. The van der Waals surface area contributed by atoms with Crippen molar-refractivity contribution in [1.29, 1.82) is 0 Å². The number of hydrogen-bond acceptors (Lipinski definition) is 2. The van der Waals surface area contributed by atoms with Crippen LogP contribution >= 0.6 is 23.2 Å². The Balaban J connectivity index is 1.53. The maximum atomic E-state index is 12.4. The molecule has 1 saturated heterocycles. The summed E-state index contributed by atoms with van der Waals surface area (Å²) in [6.07, 6.45) is 5.74. The van der Waals surface area contributed by atoms with Crippen LogP contribution in [-0.4, -0.2) is 47.9 Å². The molecule has 0 N–H and O–H groups in total. The fourth-order valence-electron chi connectivity index (χ4n) is 3.55. The van der Waals surface area contributed by atoms with Gasteiger partial charge in [0.2, 0.25) is 5.91 Å². The van der Waals surface area contributed by atoms with Crippen molar-refractivity contribution >= 4 is 29.1 Å².